The van der Waals surface area contributed by atoms with Gasteiger partial charge >= 0.3 is 0 Å². The number of carbonyl (C=O) groups excluding carboxylic acids is 1. The zero-order valence-corrected chi connectivity index (χ0v) is 16.2. The maximum Gasteiger partial charge on any atom is 0.253 e. The molecule has 1 amide bonds. The van der Waals surface area contributed by atoms with Crippen molar-refractivity contribution in [2.75, 3.05) is 20.2 Å². The zero-order chi connectivity index (χ0) is 19.4. The Morgan fingerprint density at radius 3 is 2.70 bits per heavy atom. The van der Waals surface area contributed by atoms with Gasteiger partial charge in [-0.1, -0.05) is 26.0 Å². The number of amides is 1. The number of aliphatic hydroxyl groups is 1. The van der Waals surface area contributed by atoms with Crippen LogP contribution in [0.3, 0.4) is 0 Å². The number of nitrogens with zero attached hydrogens (tertiary/aromatic N) is 3. The van der Waals surface area contributed by atoms with E-state index in [0.29, 0.717) is 23.8 Å². The summed E-state index contributed by atoms with van der Waals surface area (Å²) in [7, 11) is 1.57. The standard InChI is InChI=1S/C20H28N4O3/c1-14(2)12-23-8-9-24-17(13-23)10-16(22-24)11-21-20(26)19(25)15-4-6-18(27-3)7-5-15/h4-7,10,14,19,25H,8-9,11-13H2,1-3H3,(H,21,26)/t19-/m0/s1. The van der Waals surface area contributed by atoms with Crippen LogP contribution < -0.4 is 10.1 Å². The number of rotatable bonds is 7. The van der Waals surface area contributed by atoms with Crippen molar-refractivity contribution in [1.29, 1.82) is 0 Å². The molecule has 3 rings (SSSR count). The van der Waals surface area contributed by atoms with Crippen LogP contribution in [0, 0.1) is 5.92 Å². The molecule has 2 aromatic rings. The van der Waals surface area contributed by atoms with Crippen LogP contribution >= 0.6 is 0 Å². The lowest BCUT2D eigenvalue weighted by Crippen LogP contribution is -2.36. The van der Waals surface area contributed by atoms with Crippen molar-refractivity contribution in [1.82, 2.24) is 20.0 Å². The van der Waals surface area contributed by atoms with Crippen LogP contribution in [0.25, 0.3) is 0 Å². The van der Waals surface area contributed by atoms with Crippen molar-refractivity contribution in [3.05, 3.63) is 47.3 Å². The van der Waals surface area contributed by atoms with Gasteiger partial charge in [-0.2, -0.15) is 5.10 Å². The van der Waals surface area contributed by atoms with Gasteiger partial charge in [-0.15, -0.1) is 0 Å². The van der Waals surface area contributed by atoms with Crippen molar-refractivity contribution in [2.45, 2.75) is 39.6 Å². The number of nitrogens with one attached hydrogen (secondary N) is 1. The molecule has 1 aromatic heterocycles. The van der Waals surface area contributed by atoms with E-state index in [2.05, 4.69) is 29.2 Å². The SMILES string of the molecule is COc1ccc([C@H](O)C(=O)NCc2cc3n(n2)CCN(CC(C)C)C3)cc1. The first-order chi connectivity index (χ1) is 13.0. The summed E-state index contributed by atoms with van der Waals surface area (Å²) in [6, 6.07) is 8.84. The Labute approximate surface area is 159 Å². The van der Waals surface area contributed by atoms with Crippen molar-refractivity contribution >= 4 is 5.91 Å². The van der Waals surface area contributed by atoms with E-state index in [4.69, 9.17) is 4.74 Å². The van der Waals surface area contributed by atoms with Gasteiger partial charge in [0, 0.05) is 19.6 Å². The first kappa shape index (κ1) is 19.4. The maximum atomic E-state index is 12.3. The highest BCUT2D eigenvalue weighted by Gasteiger charge is 2.20. The summed E-state index contributed by atoms with van der Waals surface area (Å²) < 4.78 is 7.10. The maximum absolute atomic E-state index is 12.3. The number of benzene rings is 1. The molecule has 1 aliphatic rings. The third-order valence-corrected chi connectivity index (χ3v) is 4.67. The Morgan fingerprint density at radius 2 is 2.04 bits per heavy atom. The van der Waals surface area contributed by atoms with Gasteiger partial charge in [0.2, 0.25) is 0 Å². The van der Waals surface area contributed by atoms with E-state index in [1.54, 1.807) is 31.4 Å². The predicted octanol–water partition coefficient (Wildman–Crippen LogP) is 1.71. The molecule has 146 valence electrons. The van der Waals surface area contributed by atoms with Gasteiger partial charge in [0.25, 0.3) is 5.91 Å². The topological polar surface area (TPSA) is 79.6 Å². The molecule has 1 aliphatic heterocycles. The molecule has 7 heteroatoms. The Kier molecular flexibility index (Phi) is 6.13. The summed E-state index contributed by atoms with van der Waals surface area (Å²) in [5, 5.41) is 17.6. The molecule has 0 unspecified atom stereocenters. The summed E-state index contributed by atoms with van der Waals surface area (Å²) in [6.45, 7) is 8.57. The summed E-state index contributed by atoms with van der Waals surface area (Å²) in [6.07, 6.45) is -1.21. The predicted molar refractivity (Wildman–Crippen MR) is 102 cm³/mol. The molecular formula is C20H28N4O3. The average molecular weight is 372 g/mol. The summed E-state index contributed by atoms with van der Waals surface area (Å²) in [4.78, 5) is 14.7. The summed E-state index contributed by atoms with van der Waals surface area (Å²) in [5.41, 5.74) is 2.51. The molecule has 0 bridgehead atoms. The molecule has 1 atom stereocenters. The fraction of sp³-hybridized carbons (Fsp3) is 0.500. The molecular weight excluding hydrogens is 344 g/mol. The lowest BCUT2D eigenvalue weighted by atomic mass is 10.1. The third-order valence-electron chi connectivity index (χ3n) is 4.67. The minimum atomic E-state index is -1.21. The lowest BCUT2D eigenvalue weighted by Gasteiger charge is -2.28. The van der Waals surface area contributed by atoms with Gasteiger partial charge in [-0.05, 0) is 29.7 Å². The van der Waals surface area contributed by atoms with Crippen molar-refractivity contribution in [3.63, 3.8) is 0 Å². The number of fused-ring (bicyclic) bond motifs is 1. The number of aliphatic hydroxyl groups excluding tert-OH is 1. The van der Waals surface area contributed by atoms with Crippen LogP contribution in [0.15, 0.2) is 30.3 Å². The number of methoxy groups -OCH3 is 1. The number of ether oxygens (including phenoxy) is 1. The van der Waals surface area contributed by atoms with Gasteiger partial charge in [0.05, 0.1) is 31.6 Å². The molecule has 2 N–H and O–H groups in total. The Balaban J connectivity index is 1.55. The van der Waals surface area contributed by atoms with Gasteiger partial charge in [0.15, 0.2) is 6.10 Å². The van der Waals surface area contributed by atoms with E-state index < -0.39 is 12.0 Å². The fourth-order valence-electron chi connectivity index (χ4n) is 3.35. The first-order valence-electron chi connectivity index (χ1n) is 9.34. The van der Waals surface area contributed by atoms with Gasteiger partial charge in [-0.3, -0.25) is 14.4 Å². The Morgan fingerprint density at radius 1 is 1.30 bits per heavy atom. The van der Waals surface area contributed by atoms with Crippen molar-refractivity contribution in [3.8, 4) is 5.75 Å². The molecule has 27 heavy (non-hydrogen) atoms. The summed E-state index contributed by atoms with van der Waals surface area (Å²) in [5.74, 6) is 0.881. The molecule has 7 nitrogen and oxygen atoms in total. The van der Waals surface area contributed by atoms with Gasteiger partial charge in [-0.25, -0.2) is 0 Å². The molecule has 2 heterocycles. The van der Waals surface area contributed by atoms with Crippen LogP contribution in [0.5, 0.6) is 5.75 Å². The zero-order valence-electron chi connectivity index (χ0n) is 16.2. The highest BCUT2D eigenvalue weighted by Crippen LogP contribution is 2.18. The van der Waals surface area contributed by atoms with Crippen LogP contribution in [0.4, 0.5) is 0 Å². The molecule has 0 saturated carbocycles. The van der Waals surface area contributed by atoms with Crippen LogP contribution in [-0.4, -0.2) is 45.9 Å². The normalized spacial score (nSPS) is 15.4. The molecule has 0 spiro atoms. The third kappa shape index (κ3) is 4.87. The second kappa shape index (κ2) is 8.54. The Bertz CT molecular complexity index is 770. The van der Waals surface area contributed by atoms with E-state index in [1.807, 2.05) is 10.7 Å². The van der Waals surface area contributed by atoms with E-state index in [0.717, 1.165) is 31.9 Å². The highest BCUT2D eigenvalue weighted by molar-refractivity contribution is 5.81. The number of hydrogen-bond donors (Lipinski definition) is 2. The summed E-state index contributed by atoms with van der Waals surface area (Å²) >= 11 is 0. The minimum Gasteiger partial charge on any atom is -0.497 e. The number of aromatic nitrogens is 2. The fourth-order valence-corrected chi connectivity index (χ4v) is 3.35. The van der Waals surface area contributed by atoms with Crippen molar-refractivity contribution < 1.29 is 14.6 Å². The van der Waals surface area contributed by atoms with Crippen molar-refractivity contribution in [2.24, 2.45) is 5.92 Å². The molecule has 1 aromatic carbocycles. The van der Waals surface area contributed by atoms with E-state index in [1.165, 1.54) is 5.69 Å². The second-order valence-electron chi connectivity index (χ2n) is 7.37. The van der Waals surface area contributed by atoms with Crippen LogP contribution in [0.1, 0.15) is 36.9 Å². The smallest absolute Gasteiger partial charge is 0.253 e. The van der Waals surface area contributed by atoms with E-state index in [-0.39, 0.29) is 0 Å². The van der Waals surface area contributed by atoms with E-state index >= 15 is 0 Å². The van der Waals surface area contributed by atoms with Gasteiger partial charge in [0.1, 0.15) is 5.75 Å². The van der Waals surface area contributed by atoms with Crippen LogP contribution in [0.2, 0.25) is 0 Å². The lowest BCUT2D eigenvalue weighted by molar-refractivity contribution is -0.129. The van der Waals surface area contributed by atoms with E-state index in [9.17, 15) is 9.90 Å². The molecule has 0 aliphatic carbocycles. The monoisotopic (exact) mass is 372 g/mol. The number of carbonyl (C=O) groups is 1. The molecule has 0 fully saturated rings. The Hall–Kier alpha value is -2.38. The van der Waals surface area contributed by atoms with Gasteiger partial charge < -0.3 is 15.2 Å². The first-order valence-corrected chi connectivity index (χ1v) is 9.34. The molecule has 0 saturated heterocycles. The quantitative estimate of drug-likeness (QED) is 0.774. The average Bonchev–Trinajstić information content (AvgIpc) is 3.07. The number of hydrogen-bond acceptors (Lipinski definition) is 5. The largest absolute Gasteiger partial charge is 0.497 e. The second-order valence-corrected chi connectivity index (χ2v) is 7.37. The molecule has 0 radical (unpaired) electrons. The van der Waals surface area contributed by atoms with Crippen LogP contribution in [-0.2, 0) is 24.4 Å². The highest BCUT2D eigenvalue weighted by atomic mass is 16.5. The minimum absolute atomic E-state index is 0.302.